The number of methoxy groups -OCH3 is 1. The van der Waals surface area contributed by atoms with E-state index in [9.17, 15) is 9.59 Å². The predicted molar refractivity (Wildman–Crippen MR) is 121 cm³/mol. The van der Waals surface area contributed by atoms with Gasteiger partial charge in [0.1, 0.15) is 11.5 Å². The molecule has 0 saturated carbocycles. The molecular weight excluding hydrogens is 388 g/mol. The predicted octanol–water partition coefficient (Wildman–Crippen LogP) is 4.09. The Hall–Kier alpha value is -3.39. The maximum Gasteiger partial charge on any atom is 0.269 e. The van der Waals surface area contributed by atoms with Gasteiger partial charge in [0.2, 0.25) is 0 Å². The third kappa shape index (κ3) is 4.86. The molecule has 3 rings (SSSR count). The van der Waals surface area contributed by atoms with Crippen molar-refractivity contribution in [2.75, 3.05) is 13.7 Å². The lowest BCUT2D eigenvalue weighted by molar-refractivity contribution is -0.116. The Morgan fingerprint density at radius 1 is 1.32 bits per heavy atom. The standard InChI is InChI=1S/C26H28N2O3/c1-5-9-18-14-17(3)23(19(6-2)15-18)24-22(31-4)16-20(25(24)29)11-13-28-26(30)21-10-7-8-12-27-21/h7-8,10,12,14-15,20H,6,11,13,16H2,1-4H3,(H,28,30). The van der Waals surface area contributed by atoms with Gasteiger partial charge in [-0.2, -0.15) is 0 Å². The van der Waals surface area contributed by atoms with Gasteiger partial charge >= 0.3 is 0 Å². The maximum absolute atomic E-state index is 13.4. The SMILES string of the molecule is CC#Cc1cc(C)c(C2=C(OC)CC(CCNC(=O)c3ccccn3)C2=O)c(CC)c1. The van der Waals surface area contributed by atoms with Crippen LogP contribution in [-0.2, 0) is 16.0 Å². The average molecular weight is 417 g/mol. The van der Waals surface area contributed by atoms with Gasteiger partial charge < -0.3 is 10.1 Å². The Morgan fingerprint density at radius 3 is 2.77 bits per heavy atom. The number of carbonyl (C=O) groups excluding carboxylic acids is 2. The van der Waals surface area contributed by atoms with E-state index >= 15 is 0 Å². The molecular formula is C26H28N2O3. The quantitative estimate of drug-likeness (QED) is 0.691. The van der Waals surface area contributed by atoms with Crippen LogP contribution in [0.25, 0.3) is 5.57 Å². The van der Waals surface area contributed by atoms with E-state index in [2.05, 4.69) is 35.1 Å². The minimum absolute atomic E-state index is 0.0797. The summed E-state index contributed by atoms with van der Waals surface area (Å²) in [5, 5.41) is 2.86. The summed E-state index contributed by atoms with van der Waals surface area (Å²) < 4.78 is 5.64. The molecule has 1 aliphatic rings. The molecule has 0 bridgehead atoms. The highest BCUT2D eigenvalue weighted by molar-refractivity contribution is 6.25. The summed E-state index contributed by atoms with van der Waals surface area (Å²) in [5.74, 6) is 6.40. The van der Waals surface area contributed by atoms with Crippen molar-refractivity contribution >= 4 is 17.3 Å². The van der Waals surface area contributed by atoms with Gasteiger partial charge in [0.15, 0.2) is 5.78 Å². The molecule has 0 spiro atoms. The number of aryl methyl sites for hydroxylation is 2. The number of ether oxygens (including phenoxy) is 1. The van der Waals surface area contributed by atoms with Crippen LogP contribution in [0.3, 0.4) is 0 Å². The van der Waals surface area contributed by atoms with Crippen molar-refractivity contribution in [2.45, 2.75) is 40.0 Å². The second-order valence-electron chi connectivity index (χ2n) is 7.58. The van der Waals surface area contributed by atoms with Crippen molar-refractivity contribution in [3.05, 3.63) is 70.2 Å². The molecule has 1 heterocycles. The smallest absolute Gasteiger partial charge is 0.269 e. The number of ketones is 1. The van der Waals surface area contributed by atoms with Crippen molar-refractivity contribution in [3.8, 4) is 11.8 Å². The number of Topliss-reactive ketones (excluding diaryl/α,β-unsaturated/α-hetero) is 1. The number of pyridine rings is 1. The third-order valence-corrected chi connectivity index (χ3v) is 5.57. The molecule has 0 radical (unpaired) electrons. The van der Waals surface area contributed by atoms with Crippen molar-refractivity contribution in [3.63, 3.8) is 0 Å². The summed E-state index contributed by atoms with van der Waals surface area (Å²) in [4.78, 5) is 29.6. The molecule has 1 aliphatic carbocycles. The molecule has 5 nitrogen and oxygen atoms in total. The lowest BCUT2D eigenvalue weighted by atomic mass is 9.88. The topological polar surface area (TPSA) is 68.3 Å². The number of nitrogens with one attached hydrogen (secondary N) is 1. The molecule has 5 heteroatoms. The number of hydrogen-bond donors (Lipinski definition) is 1. The van der Waals surface area contributed by atoms with Gasteiger partial charge in [0, 0.05) is 30.6 Å². The van der Waals surface area contributed by atoms with Crippen LogP contribution in [0.1, 0.15) is 59.4 Å². The van der Waals surface area contributed by atoms with E-state index in [0.717, 1.165) is 34.4 Å². The maximum atomic E-state index is 13.4. The van der Waals surface area contributed by atoms with E-state index in [1.54, 1.807) is 31.5 Å². The van der Waals surface area contributed by atoms with Gasteiger partial charge in [-0.15, -0.1) is 5.92 Å². The summed E-state index contributed by atoms with van der Waals surface area (Å²) >= 11 is 0. The molecule has 31 heavy (non-hydrogen) atoms. The zero-order chi connectivity index (χ0) is 22.4. The van der Waals surface area contributed by atoms with E-state index in [4.69, 9.17) is 4.74 Å². The Balaban J connectivity index is 1.77. The van der Waals surface area contributed by atoms with E-state index in [1.165, 1.54) is 0 Å². The van der Waals surface area contributed by atoms with Gasteiger partial charge in [0.05, 0.1) is 12.7 Å². The van der Waals surface area contributed by atoms with Crippen molar-refractivity contribution in [2.24, 2.45) is 5.92 Å². The summed E-state index contributed by atoms with van der Waals surface area (Å²) in [5.41, 5.74) is 5.09. The molecule has 1 N–H and O–H groups in total. The second-order valence-corrected chi connectivity index (χ2v) is 7.58. The molecule has 0 fully saturated rings. The fourth-order valence-electron chi connectivity index (χ4n) is 4.10. The summed E-state index contributed by atoms with van der Waals surface area (Å²) in [7, 11) is 1.62. The van der Waals surface area contributed by atoms with E-state index < -0.39 is 0 Å². The number of carbonyl (C=O) groups is 2. The van der Waals surface area contributed by atoms with Crippen LogP contribution < -0.4 is 5.32 Å². The number of amides is 1. The van der Waals surface area contributed by atoms with Crippen LogP contribution in [0.5, 0.6) is 0 Å². The Kier molecular flexibility index (Phi) is 7.25. The van der Waals surface area contributed by atoms with Gasteiger partial charge in [0.25, 0.3) is 5.91 Å². The zero-order valence-corrected chi connectivity index (χ0v) is 18.5. The van der Waals surface area contributed by atoms with Gasteiger partial charge in [-0.3, -0.25) is 14.6 Å². The highest BCUT2D eigenvalue weighted by atomic mass is 16.5. The largest absolute Gasteiger partial charge is 0.500 e. The highest BCUT2D eigenvalue weighted by Crippen LogP contribution is 2.39. The molecule has 1 amide bonds. The van der Waals surface area contributed by atoms with E-state index in [-0.39, 0.29) is 17.6 Å². The van der Waals surface area contributed by atoms with Gasteiger partial charge in [-0.05, 0) is 67.6 Å². The van der Waals surface area contributed by atoms with Gasteiger partial charge in [-0.25, -0.2) is 0 Å². The first-order chi connectivity index (χ1) is 15.0. The summed E-state index contributed by atoms with van der Waals surface area (Å²) in [6.45, 7) is 6.32. The lowest BCUT2D eigenvalue weighted by Crippen LogP contribution is -2.27. The molecule has 1 unspecified atom stereocenters. The first-order valence-electron chi connectivity index (χ1n) is 10.6. The van der Waals surface area contributed by atoms with Crippen LogP contribution in [0.15, 0.2) is 42.3 Å². The molecule has 160 valence electrons. The first kappa shape index (κ1) is 22.3. The van der Waals surface area contributed by atoms with E-state index in [0.29, 0.717) is 30.7 Å². The average Bonchev–Trinajstić information content (AvgIpc) is 3.09. The summed E-state index contributed by atoms with van der Waals surface area (Å²) in [6, 6.07) is 9.29. The van der Waals surface area contributed by atoms with Crippen LogP contribution in [0.2, 0.25) is 0 Å². The first-order valence-corrected chi connectivity index (χ1v) is 10.6. The monoisotopic (exact) mass is 416 g/mol. The Labute approximate surface area is 183 Å². The number of allylic oxidation sites excluding steroid dienone is 2. The number of aromatic nitrogens is 1. The van der Waals surface area contributed by atoms with Gasteiger partial charge in [-0.1, -0.05) is 18.9 Å². The Morgan fingerprint density at radius 2 is 2.13 bits per heavy atom. The van der Waals surface area contributed by atoms with Crippen LogP contribution >= 0.6 is 0 Å². The molecule has 1 aromatic heterocycles. The highest BCUT2D eigenvalue weighted by Gasteiger charge is 2.36. The number of benzene rings is 1. The molecule has 1 atom stereocenters. The van der Waals surface area contributed by atoms with Crippen molar-refractivity contribution in [1.29, 1.82) is 0 Å². The molecule has 0 saturated heterocycles. The summed E-state index contributed by atoms with van der Waals surface area (Å²) in [6.07, 6.45) is 3.48. The number of hydrogen-bond acceptors (Lipinski definition) is 4. The number of nitrogens with zero attached hydrogens (tertiary/aromatic N) is 1. The molecule has 1 aromatic carbocycles. The van der Waals surface area contributed by atoms with Crippen molar-refractivity contribution in [1.82, 2.24) is 10.3 Å². The fraction of sp³-hybridized carbons (Fsp3) is 0.346. The fourth-order valence-corrected chi connectivity index (χ4v) is 4.10. The van der Waals surface area contributed by atoms with E-state index in [1.807, 2.05) is 19.9 Å². The minimum atomic E-state index is -0.233. The van der Waals surface area contributed by atoms with Crippen LogP contribution in [0.4, 0.5) is 0 Å². The van der Waals surface area contributed by atoms with Crippen LogP contribution in [0, 0.1) is 24.7 Å². The normalized spacial score (nSPS) is 15.5. The molecule has 2 aromatic rings. The second kappa shape index (κ2) is 10.1. The van der Waals surface area contributed by atoms with Crippen LogP contribution in [-0.4, -0.2) is 30.3 Å². The number of rotatable bonds is 7. The third-order valence-electron chi connectivity index (χ3n) is 5.57. The van der Waals surface area contributed by atoms with Crippen molar-refractivity contribution < 1.29 is 14.3 Å². The molecule has 0 aliphatic heterocycles. The zero-order valence-electron chi connectivity index (χ0n) is 18.5. The minimum Gasteiger partial charge on any atom is -0.500 e. The Bertz CT molecular complexity index is 1080. The lowest BCUT2D eigenvalue weighted by Gasteiger charge is -2.15.